The summed E-state index contributed by atoms with van der Waals surface area (Å²) in [6, 6.07) is 4.88. The lowest BCUT2D eigenvalue weighted by Gasteiger charge is -2.36. The van der Waals surface area contributed by atoms with Gasteiger partial charge in [-0.3, -0.25) is 0 Å². The van der Waals surface area contributed by atoms with Gasteiger partial charge in [0.2, 0.25) is 5.95 Å². The molecule has 31 heavy (non-hydrogen) atoms. The zero-order chi connectivity index (χ0) is 21.6. The minimum Gasteiger partial charge on any atom is -0.440 e. The number of H-pyrrole nitrogens is 1. The van der Waals surface area contributed by atoms with Crippen LogP contribution in [0.25, 0.3) is 11.0 Å². The Morgan fingerprint density at radius 3 is 2.61 bits per heavy atom. The van der Waals surface area contributed by atoms with Crippen LogP contribution in [-0.4, -0.2) is 38.0 Å². The lowest BCUT2D eigenvalue weighted by atomic mass is 9.79. The first-order chi connectivity index (χ1) is 14.8. The average molecular weight is 433 g/mol. The summed E-state index contributed by atoms with van der Waals surface area (Å²) < 4.78 is 47.6. The number of fused-ring (bicyclic) bond motifs is 1. The Bertz CT molecular complexity index is 1110. The molecule has 1 amide bonds. The molecule has 11 heteroatoms. The first-order valence-electron chi connectivity index (χ1n) is 9.89. The molecular formula is C20H18F3N5O3. The number of ether oxygens (including phenoxy) is 2. The summed E-state index contributed by atoms with van der Waals surface area (Å²) >= 11 is 0. The number of amides is 1. The maximum absolute atomic E-state index is 12.9. The molecule has 1 spiro atoms. The number of aromatic nitrogens is 4. The van der Waals surface area contributed by atoms with Crippen molar-refractivity contribution in [3.8, 4) is 5.75 Å². The smallest absolute Gasteiger partial charge is 0.440 e. The molecular weight excluding hydrogens is 415 g/mol. The van der Waals surface area contributed by atoms with Crippen LogP contribution in [0.3, 0.4) is 0 Å². The van der Waals surface area contributed by atoms with Crippen LogP contribution in [0.15, 0.2) is 36.7 Å². The number of nitrogens with zero attached hydrogens (tertiary/aromatic N) is 4. The van der Waals surface area contributed by atoms with Crippen LogP contribution in [0, 0.1) is 0 Å². The Labute approximate surface area is 174 Å². The third kappa shape index (κ3) is 3.53. The molecule has 3 heterocycles. The third-order valence-electron chi connectivity index (χ3n) is 5.68. The number of carbonyl (C=O) groups excluding carboxylic acids is 1. The van der Waals surface area contributed by atoms with Gasteiger partial charge < -0.3 is 14.5 Å². The molecule has 1 atom stereocenters. The molecule has 0 bridgehead atoms. The number of rotatable bonds is 3. The van der Waals surface area contributed by atoms with E-state index < -0.39 is 24.1 Å². The van der Waals surface area contributed by atoms with Crippen LogP contribution in [0.5, 0.6) is 5.75 Å². The zero-order valence-electron chi connectivity index (χ0n) is 16.2. The Kier molecular flexibility index (Phi) is 4.49. The quantitative estimate of drug-likeness (QED) is 0.646. The molecule has 8 nitrogen and oxygen atoms in total. The van der Waals surface area contributed by atoms with Gasteiger partial charge in [0, 0.05) is 18.5 Å². The standard InChI is InChI=1S/C20H18F3N5O3/c21-20(22,23)30-12-5-6-13-14(11-12)27-16(26-13)15-19(7-2-1-3-8-19)31-18(29)28(15)17-24-9-4-10-25-17/h4-6,9-11,15H,1-3,7-8H2,(H,26,27)/t15-/m1/s1. The molecule has 2 aromatic heterocycles. The first-order valence-corrected chi connectivity index (χ1v) is 9.89. The SMILES string of the molecule is O=C1OC2(CCCCC2)[C@@H](c2nc3cc(OC(F)(F)F)ccc3[nH]2)N1c1ncccn1. The highest BCUT2D eigenvalue weighted by molar-refractivity contribution is 5.90. The second-order valence-electron chi connectivity index (χ2n) is 7.66. The lowest BCUT2D eigenvalue weighted by molar-refractivity contribution is -0.274. The molecule has 2 fully saturated rings. The first kappa shape index (κ1) is 19.6. The highest BCUT2D eigenvalue weighted by Crippen LogP contribution is 2.50. The van der Waals surface area contributed by atoms with Crippen LogP contribution in [-0.2, 0) is 4.74 Å². The number of nitrogens with one attached hydrogen (secondary N) is 1. The fourth-order valence-electron chi connectivity index (χ4n) is 4.46. The van der Waals surface area contributed by atoms with E-state index in [4.69, 9.17) is 4.74 Å². The van der Waals surface area contributed by atoms with Crippen molar-refractivity contribution in [2.24, 2.45) is 0 Å². The summed E-state index contributed by atoms with van der Waals surface area (Å²) in [6.45, 7) is 0. The van der Waals surface area contributed by atoms with E-state index in [0.717, 1.165) is 19.3 Å². The molecule has 1 N–H and O–H groups in total. The maximum Gasteiger partial charge on any atom is 0.573 e. The summed E-state index contributed by atoms with van der Waals surface area (Å²) in [5.74, 6) is 0.216. The summed E-state index contributed by atoms with van der Waals surface area (Å²) in [7, 11) is 0. The van der Waals surface area contributed by atoms with E-state index in [2.05, 4.69) is 24.7 Å². The molecule has 2 aliphatic rings. The number of hydrogen-bond donors (Lipinski definition) is 1. The second kappa shape index (κ2) is 7.10. The van der Waals surface area contributed by atoms with Crippen LogP contribution >= 0.6 is 0 Å². The third-order valence-corrected chi connectivity index (χ3v) is 5.68. The van der Waals surface area contributed by atoms with Gasteiger partial charge in [-0.25, -0.2) is 24.6 Å². The van der Waals surface area contributed by atoms with Crippen LogP contribution < -0.4 is 9.64 Å². The van der Waals surface area contributed by atoms with E-state index in [1.165, 1.54) is 35.5 Å². The van der Waals surface area contributed by atoms with E-state index in [1.807, 2.05) is 0 Å². The predicted molar refractivity (Wildman–Crippen MR) is 102 cm³/mol. The molecule has 1 aliphatic heterocycles. The van der Waals surface area contributed by atoms with Crippen LogP contribution in [0.4, 0.5) is 23.9 Å². The van der Waals surface area contributed by atoms with E-state index in [-0.39, 0.29) is 17.2 Å². The summed E-state index contributed by atoms with van der Waals surface area (Å²) in [5, 5.41) is 0. The Hall–Kier alpha value is -3.37. The van der Waals surface area contributed by atoms with Crippen molar-refractivity contribution < 1.29 is 27.4 Å². The number of carbonyl (C=O) groups is 1. The van der Waals surface area contributed by atoms with Crippen molar-refractivity contribution in [1.82, 2.24) is 19.9 Å². The number of anilines is 1. The molecule has 5 rings (SSSR count). The van der Waals surface area contributed by atoms with E-state index in [9.17, 15) is 18.0 Å². The number of aromatic amines is 1. The van der Waals surface area contributed by atoms with Gasteiger partial charge in [-0.05, 0) is 43.9 Å². The summed E-state index contributed by atoms with van der Waals surface area (Å²) in [4.78, 5) is 30.3. The van der Waals surface area contributed by atoms with Gasteiger partial charge in [0.05, 0.1) is 11.0 Å². The van der Waals surface area contributed by atoms with E-state index in [1.54, 1.807) is 6.07 Å². The minimum atomic E-state index is -4.80. The van der Waals surface area contributed by atoms with Crippen molar-refractivity contribution in [1.29, 1.82) is 0 Å². The van der Waals surface area contributed by atoms with Crippen LogP contribution in [0.2, 0.25) is 0 Å². The second-order valence-corrected chi connectivity index (χ2v) is 7.66. The van der Waals surface area contributed by atoms with E-state index in [0.29, 0.717) is 24.2 Å². The van der Waals surface area contributed by atoms with Gasteiger partial charge >= 0.3 is 12.5 Å². The molecule has 0 radical (unpaired) electrons. The summed E-state index contributed by atoms with van der Waals surface area (Å²) in [5.41, 5.74) is -0.00647. The van der Waals surface area contributed by atoms with Crippen molar-refractivity contribution in [3.63, 3.8) is 0 Å². The molecule has 162 valence electrons. The monoisotopic (exact) mass is 433 g/mol. The molecule has 1 aliphatic carbocycles. The highest BCUT2D eigenvalue weighted by atomic mass is 19.4. The number of alkyl halides is 3. The Balaban J connectivity index is 1.60. The molecule has 1 aromatic carbocycles. The number of imidazole rings is 1. The van der Waals surface area contributed by atoms with Crippen molar-refractivity contribution in [2.75, 3.05) is 4.90 Å². The lowest BCUT2D eigenvalue weighted by Crippen LogP contribution is -2.41. The molecule has 1 saturated heterocycles. The molecule has 1 saturated carbocycles. The van der Waals surface area contributed by atoms with Gasteiger partial charge in [-0.2, -0.15) is 0 Å². The van der Waals surface area contributed by atoms with Crippen molar-refractivity contribution >= 4 is 23.1 Å². The summed E-state index contributed by atoms with van der Waals surface area (Å²) in [6.07, 6.45) is 1.78. The fraction of sp³-hybridized carbons (Fsp3) is 0.400. The predicted octanol–water partition coefficient (Wildman–Crippen LogP) is 4.65. The highest BCUT2D eigenvalue weighted by Gasteiger charge is 2.57. The van der Waals surface area contributed by atoms with Crippen LogP contribution in [0.1, 0.15) is 44.0 Å². The van der Waals surface area contributed by atoms with Crippen molar-refractivity contribution in [3.05, 3.63) is 42.5 Å². The molecule has 0 unspecified atom stereocenters. The number of hydrogen-bond acceptors (Lipinski definition) is 6. The topological polar surface area (TPSA) is 93.2 Å². The minimum absolute atomic E-state index is 0.182. The Morgan fingerprint density at radius 2 is 1.90 bits per heavy atom. The van der Waals surface area contributed by atoms with Gasteiger partial charge in [0.1, 0.15) is 23.2 Å². The Morgan fingerprint density at radius 1 is 1.16 bits per heavy atom. The zero-order valence-corrected chi connectivity index (χ0v) is 16.2. The van der Waals surface area contributed by atoms with Gasteiger partial charge in [-0.15, -0.1) is 13.2 Å². The van der Waals surface area contributed by atoms with E-state index >= 15 is 0 Å². The largest absolute Gasteiger partial charge is 0.573 e. The molecule has 3 aromatic rings. The fourth-order valence-corrected chi connectivity index (χ4v) is 4.46. The maximum atomic E-state index is 12.9. The number of halogens is 3. The normalized spacial score (nSPS) is 20.9. The van der Waals surface area contributed by atoms with Gasteiger partial charge in [0.25, 0.3) is 0 Å². The average Bonchev–Trinajstić information content (AvgIpc) is 3.25. The van der Waals surface area contributed by atoms with Crippen molar-refractivity contribution in [2.45, 2.75) is 50.1 Å². The number of benzene rings is 1. The van der Waals surface area contributed by atoms with Gasteiger partial charge in [-0.1, -0.05) is 6.42 Å². The van der Waals surface area contributed by atoms with Gasteiger partial charge in [0.15, 0.2) is 0 Å².